The van der Waals surface area contributed by atoms with Crippen LogP contribution in [0.1, 0.15) is 30.6 Å². The Labute approximate surface area is 83.4 Å². The Hall–Kier alpha value is -0.570. The Morgan fingerprint density at radius 3 is 2.92 bits per heavy atom. The first kappa shape index (κ1) is 9.00. The topological polar surface area (TPSA) is 24.9 Å². The lowest BCUT2D eigenvalue weighted by molar-refractivity contribution is 0.550. The zero-order valence-electron chi connectivity index (χ0n) is 8.05. The Bertz CT molecular complexity index is 264. The van der Waals surface area contributed by atoms with E-state index in [1.54, 1.807) is 11.3 Å². The molecule has 1 aliphatic carbocycles. The van der Waals surface area contributed by atoms with Gasteiger partial charge in [-0.05, 0) is 12.3 Å². The predicted octanol–water partition coefficient (Wildman–Crippen LogP) is 2.92. The summed E-state index contributed by atoms with van der Waals surface area (Å²) in [5.41, 5.74) is 0. The van der Waals surface area contributed by atoms with Gasteiger partial charge in [0.1, 0.15) is 0 Å². The Kier molecular flexibility index (Phi) is 2.83. The van der Waals surface area contributed by atoms with Crippen molar-refractivity contribution in [3.05, 3.63) is 11.1 Å². The average Bonchev–Trinajstić information content (AvgIpc) is 2.76. The van der Waals surface area contributed by atoms with Crippen molar-refractivity contribution in [2.45, 2.75) is 32.1 Å². The fourth-order valence-electron chi connectivity index (χ4n) is 2.02. The maximum absolute atomic E-state index is 4.28. The molecule has 0 radical (unpaired) electrons. The molecule has 0 unspecified atom stereocenters. The maximum Gasteiger partial charge on any atom is 0.182 e. The van der Waals surface area contributed by atoms with Gasteiger partial charge in [0.25, 0.3) is 0 Å². The number of thiazole rings is 1. The molecule has 0 saturated heterocycles. The second-order valence-electron chi connectivity index (χ2n) is 3.74. The van der Waals surface area contributed by atoms with Crippen LogP contribution in [-0.2, 0) is 6.42 Å². The molecule has 1 saturated carbocycles. The van der Waals surface area contributed by atoms with E-state index in [4.69, 9.17) is 0 Å². The van der Waals surface area contributed by atoms with Crippen LogP contribution in [0.2, 0.25) is 0 Å². The van der Waals surface area contributed by atoms with Crippen molar-refractivity contribution in [2.24, 2.45) is 5.92 Å². The molecule has 1 aromatic rings. The van der Waals surface area contributed by atoms with Crippen LogP contribution in [-0.4, -0.2) is 12.0 Å². The van der Waals surface area contributed by atoms with Gasteiger partial charge in [0, 0.05) is 18.1 Å². The highest BCUT2D eigenvalue weighted by molar-refractivity contribution is 7.15. The first-order valence-corrected chi connectivity index (χ1v) is 5.82. The number of aromatic nitrogens is 1. The summed E-state index contributed by atoms with van der Waals surface area (Å²) in [6.07, 6.45) is 8.98. The molecule has 3 heteroatoms. The number of anilines is 1. The Morgan fingerprint density at radius 2 is 2.31 bits per heavy atom. The van der Waals surface area contributed by atoms with Crippen LogP contribution in [0.3, 0.4) is 0 Å². The SMILES string of the molecule is CNc1ncc(CC2CCCC2)s1. The van der Waals surface area contributed by atoms with Crippen LogP contribution in [0, 0.1) is 5.92 Å². The molecular formula is C10H16N2S. The summed E-state index contributed by atoms with van der Waals surface area (Å²) < 4.78 is 0. The molecule has 0 aliphatic heterocycles. The summed E-state index contributed by atoms with van der Waals surface area (Å²) in [6.45, 7) is 0. The third-order valence-electron chi connectivity index (χ3n) is 2.73. The summed E-state index contributed by atoms with van der Waals surface area (Å²) in [6, 6.07) is 0. The van der Waals surface area contributed by atoms with Crippen LogP contribution in [0.15, 0.2) is 6.20 Å². The predicted molar refractivity (Wildman–Crippen MR) is 57.3 cm³/mol. The fourth-order valence-corrected chi connectivity index (χ4v) is 2.90. The molecule has 2 rings (SSSR count). The molecular weight excluding hydrogens is 180 g/mol. The normalized spacial score (nSPS) is 17.9. The third-order valence-corrected chi connectivity index (χ3v) is 3.77. The van der Waals surface area contributed by atoms with Crippen molar-refractivity contribution in [3.63, 3.8) is 0 Å². The summed E-state index contributed by atoms with van der Waals surface area (Å²) in [7, 11) is 1.93. The first-order chi connectivity index (χ1) is 6.38. The maximum atomic E-state index is 4.28. The molecule has 0 atom stereocenters. The number of hydrogen-bond acceptors (Lipinski definition) is 3. The van der Waals surface area contributed by atoms with Gasteiger partial charge in [-0.1, -0.05) is 25.7 Å². The fraction of sp³-hybridized carbons (Fsp3) is 0.700. The van der Waals surface area contributed by atoms with Gasteiger partial charge < -0.3 is 5.32 Å². The largest absolute Gasteiger partial charge is 0.365 e. The molecule has 1 fully saturated rings. The standard InChI is InChI=1S/C10H16N2S/c1-11-10-12-7-9(13-10)6-8-4-2-3-5-8/h7-8H,2-6H2,1H3,(H,11,12). The van der Waals surface area contributed by atoms with Crippen LogP contribution in [0.4, 0.5) is 5.13 Å². The molecule has 0 bridgehead atoms. The van der Waals surface area contributed by atoms with Crippen LogP contribution < -0.4 is 5.32 Å². The summed E-state index contributed by atoms with van der Waals surface area (Å²) in [5, 5.41) is 4.13. The number of nitrogens with zero attached hydrogens (tertiary/aromatic N) is 1. The van der Waals surface area contributed by atoms with Gasteiger partial charge in [-0.3, -0.25) is 0 Å². The number of hydrogen-bond donors (Lipinski definition) is 1. The van der Waals surface area contributed by atoms with Gasteiger partial charge in [-0.15, -0.1) is 11.3 Å². The lowest BCUT2D eigenvalue weighted by atomic mass is 10.0. The molecule has 0 spiro atoms. The molecule has 1 N–H and O–H groups in total. The van der Waals surface area contributed by atoms with E-state index in [0.717, 1.165) is 11.0 Å². The van der Waals surface area contributed by atoms with Gasteiger partial charge in [0.15, 0.2) is 5.13 Å². The summed E-state index contributed by atoms with van der Waals surface area (Å²) in [5.74, 6) is 0.935. The second kappa shape index (κ2) is 4.09. The zero-order chi connectivity index (χ0) is 9.10. The minimum absolute atomic E-state index is 0.935. The van der Waals surface area contributed by atoms with Crippen molar-refractivity contribution >= 4 is 16.5 Å². The van der Waals surface area contributed by atoms with Crippen molar-refractivity contribution in [2.75, 3.05) is 12.4 Å². The molecule has 2 nitrogen and oxygen atoms in total. The molecule has 13 heavy (non-hydrogen) atoms. The average molecular weight is 196 g/mol. The zero-order valence-corrected chi connectivity index (χ0v) is 8.86. The van der Waals surface area contributed by atoms with Gasteiger partial charge >= 0.3 is 0 Å². The molecule has 1 aliphatic rings. The summed E-state index contributed by atoms with van der Waals surface area (Å²) >= 11 is 1.80. The number of rotatable bonds is 3. The van der Waals surface area contributed by atoms with E-state index in [2.05, 4.69) is 10.3 Å². The van der Waals surface area contributed by atoms with E-state index in [9.17, 15) is 0 Å². The van der Waals surface area contributed by atoms with Crippen molar-refractivity contribution < 1.29 is 0 Å². The van der Waals surface area contributed by atoms with Gasteiger partial charge in [0.2, 0.25) is 0 Å². The van der Waals surface area contributed by atoms with E-state index in [0.29, 0.717) is 0 Å². The van der Waals surface area contributed by atoms with Gasteiger partial charge in [-0.25, -0.2) is 4.98 Å². The van der Waals surface area contributed by atoms with E-state index in [-0.39, 0.29) is 0 Å². The Balaban J connectivity index is 1.92. The molecule has 1 heterocycles. The highest BCUT2D eigenvalue weighted by Gasteiger charge is 2.16. The van der Waals surface area contributed by atoms with E-state index < -0.39 is 0 Å². The first-order valence-electron chi connectivity index (χ1n) is 5.01. The van der Waals surface area contributed by atoms with Gasteiger partial charge in [0.05, 0.1) is 0 Å². The van der Waals surface area contributed by atoms with E-state index in [1.807, 2.05) is 13.2 Å². The van der Waals surface area contributed by atoms with E-state index >= 15 is 0 Å². The molecule has 0 aromatic carbocycles. The highest BCUT2D eigenvalue weighted by atomic mass is 32.1. The summed E-state index contributed by atoms with van der Waals surface area (Å²) in [4.78, 5) is 5.73. The van der Waals surface area contributed by atoms with Crippen LogP contribution >= 0.6 is 11.3 Å². The van der Waals surface area contributed by atoms with Gasteiger partial charge in [-0.2, -0.15) is 0 Å². The number of nitrogens with one attached hydrogen (secondary N) is 1. The smallest absolute Gasteiger partial charge is 0.182 e. The minimum Gasteiger partial charge on any atom is -0.365 e. The molecule has 0 amide bonds. The second-order valence-corrected chi connectivity index (χ2v) is 4.85. The Morgan fingerprint density at radius 1 is 1.54 bits per heavy atom. The van der Waals surface area contributed by atoms with E-state index in [1.165, 1.54) is 37.0 Å². The third kappa shape index (κ3) is 2.21. The van der Waals surface area contributed by atoms with Crippen molar-refractivity contribution in [3.8, 4) is 0 Å². The van der Waals surface area contributed by atoms with Crippen LogP contribution in [0.25, 0.3) is 0 Å². The lowest BCUT2D eigenvalue weighted by Crippen LogP contribution is -1.95. The lowest BCUT2D eigenvalue weighted by Gasteiger charge is -2.04. The van der Waals surface area contributed by atoms with Crippen molar-refractivity contribution in [1.29, 1.82) is 0 Å². The van der Waals surface area contributed by atoms with Crippen molar-refractivity contribution in [1.82, 2.24) is 4.98 Å². The van der Waals surface area contributed by atoms with Crippen LogP contribution in [0.5, 0.6) is 0 Å². The quantitative estimate of drug-likeness (QED) is 0.804. The monoisotopic (exact) mass is 196 g/mol. The molecule has 72 valence electrons. The highest BCUT2D eigenvalue weighted by Crippen LogP contribution is 2.30. The minimum atomic E-state index is 0.935. The molecule has 1 aromatic heterocycles.